The third-order valence-electron chi connectivity index (χ3n) is 3.17. The third kappa shape index (κ3) is 4.41. The van der Waals surface area contributed by atoms with Gasteiger partial charge in [-0.1, -0.05) is 43.3 Å². The van der Waals surface area contributed by atoms with Crippen molar-refractivity contribution in [1.29, 1.82) is 0 Å². The van der Waals surface area contributed by atoms with Crippen LogP contribution in [0.2, 0.25) is 0 Å². The summed E-state index contributed by atoms with van der Waals surface area (Å²) in [5.74, 6) is 0. The lowest BCUT2D eigenvalue weighted by molar-refractivity contribution is 0.536. The molecule has 21 heavy (non-hydrogen) atoms. The van der Waals surface area contributed by atoms with Crippen molar-refractivity contribution in [1.82, 2.24) is 10.0 Å². The molecule has 4 nitrogen and oxygen atoms in total. The van der Waals surface area contributed by atoms with Gasteiger partial charge in [0.2, 0.25) is 10.0 Å². The van der Waals surface area contributed by atoms with E-state index in [0.717, 1.165) is 17.3 Å². The van der Waals surface area contributed by atoms with Crippen LogP contribution in [0.3, 0.4) is 0 Å². The minimum Gasteiger partial charge on any atom is -0.313 e. The molecule has 0 spiro atoms. The molecule has 0 fully saturated rings. The van der Waals surface area contributed by atoms with Crippen LogP contribution in [0.4, 0.5) is 0 Å². The van der Waals surface area contributed by atoms with E-state index in [1.165, 1.54) is 0 Å². The van der Waals surface area contributed by atoms with Crippen LogP contribution < -0.4 is 10.0 Å². The molecule has 0 aliphatic rings. The molecule has 6 heteroatoms. The zero-order valence-electron chi connectivity index (χ0n) is 12.2. The molecule has 0 saturated carbocycles. The van der Waals surface area contributed by atoms with Crippen molar-refractivity contribution in [3.8, 4) is 0 Å². The number of likely N-dealkylation sites (N-methyl/N-ethyl adjacent to an activating group) is 1. The Bertz CT molecular complexity index is 684. The van der Waals surface area contributed by atoms with E-state index in [-0.39, 0.29) is 18.4 Å². The highest BCUT2D eigenvalue weighted by Gasteiger charge is 2.17. The Kier molecular flexibility index (Phi) is 6.61. The number of halogens is 1. The van der Waals surface area contributed by atoms with Crippen LogP contribution in [0.25, 0.3) is 10.8 Å². The second-order valence-electron chi connectivity index (χ2n) is 4.79. The lowest BCUT2D eigenvalue weighted by Gasteiger charge is -2.14. The zero-order chi connectivity index (χ0) is 14.6. The molecule has 2 N–H and O–H groups in total. The highest BCUT2D eigenvalue weighted by Crippen LogP contribution is 2.22. The molecule has 0 radical (unpaired) electrons. The van der Waals surface area contributed by atoms with E-state index in [2.05, 4.69) is 10.0 Å². The molecule has 116 valence electrons. The van der Waals surface area contributed by atoms with Gasteiger partial charge in [0.25, 0.3) is 0 Å². The Morgan fingerprint density at radius 2 is 1.76 bits per heavy atom. The first-order chi connectivity index (χ1) is 9.54. The molecule has 0 aliphatic heterocycles. The van der Waals surface area contributed by atoms with Crippen LogP contribution in [-0.4, -0.2) is 27.5 Å². The Labute approximate surface area is 132 Å². The van der Waals surface area contributed by atoms with Crippen molar-refractivity contribution in [2.45, 2.75) is 24.8 Å². The van der Waals surface area contributed by atoms with Crippen molar-refractivity contribution < 1.29 is 8.42 Å². The van der Waals surface area contributed by atoms with Gasteiger partial charge in [-0.25, -0.2) is 13.1 Å². The van der Waals surface area contributed by atoms with Crippen LogP contribution in [-0.2, 0) is 10.0 Å². The van der Waals surface area contributed by atoms with E-state index in [4.69, 9.17) is 0 Å². The monoisotopic (exact) mass is 328 g/mol. The molecular weight excluding hydrogens is 308 g/mol. The summed E-state index contributed by atoms with van der Waals surface area (Å²) in [6.07, 6.45) is 0. The highest BCUT2D eigenvalue weighted by atomic mass is 35.5. The van der Waals surface area contributed by atoms with Gasteiger partial charge < -0.3 is 5.32 Å². The predicted octanol–water partition coefficient (Wildman–Crippen LogP) is 2.54. The molecule has 0 heterocycles. The van der Waals surface area contributed by atoms with Gasteiger partial charge in [0.15, 0.2) is 0 Å². The highest BCUT2D eigenvalue weighted by molar-refractivity contribution is 7.89. The molecule has 2 rings (SSSR count). The van der Waals surface area contributed by atoms with Crippen LogP contribution >= 0.6 is 12.4 Å². The maximum Gasteiger partial charge on any atom is 0.241 e. The Hall–Kier alpha value is -1.14. The maximum absolute atomic E-state index is 12.4. The van der Waals surface area contributed by atoms with Gasteiger partial charge in [0, 0.05) is 18.0 Å². The number of hydrogen-bond donors (Lipinski definition) is 2. The van der Waals surface area contributed by atoms with Gasteiger partial charge in [0.05, 0.1) is 4.90 Å². The molecule has 0 aliphatic carbocycles. The summed E-state index contributed by atoms with van der Waals surface area (Å²) in [6, 6.07) is 12.9. The van der Waals surface area contributed by atoms with E-state index in [1.54, 1.807) is 12.1 Å². The van der Waals surface area contributed by atoms with E-state index in [0.29, 0.717) is 11.4 Å². The van der Waals surface area contributed by atoms with Gasteiger partial charge in [-0.2, -0.15) is 0 Å². The van der Waals surface area contributed by atoms with Crippen molar-refractivity contribution >= 4 is 33.2 Å². The summed E-state index contributed by atoms with van der Waals surface area (Å²) in [7, 11) is -3.49. The molecular formula is C15H21ClN2O2S. The first kappa shape index (κ1) is 17.9. The van der Waals surface area contributed by atoms with Gasteiger partial charge in [-0.3, -0.25) is 0 Å². The molecule has 2 aromatic rings. The molecule has 0 unspecified atom stereocenters. The van der Waals surface area contributed by atoms with Crippen molar-refractivity contribution in [3.05, 3.63) is 42.5 Å². The van der Waals surface area contributed by atoms with Crippen LogP contribution in [0.1, 0.15) is 13.8 Å². The normalized spacial score (nSPS) is 12.9. The first-order valence-electron chi connectivity index (χ1n) is 6.75. The topological polar surface area (TPSA) is 58.2 Å². The fourth-order valence-electron chi connectivity index (χ4n) is 2.16. The summed E-state index contributed by atoms with van der Waals surface area (Å²) in [5, 5.41) is 4.85. The fraction of sp³-hybridized carbons (Fsp3) is 0.333. The molecule has 2 aromatic carbocycles. The summed E-state index contributed by atoms with van der Waals surface area (Å²) in [4.78, 5) is 0.333. The summed E-state index contributed by atoms with van der Waals surface area (Å²) in [6.45, 7) is 5.14. The third-order valence-corrected chi connectivity index (χ3v) is 4.65. The SMILES string of the molecule is CCN[C@H](C)CNS(=O)(=O)c1cccc2ccccc12.Cl. The number of sulfonamides is 1. The van der Waals surface area contributed by atoms with Gasteiger partial charge in [-0.15, -0.1) is 12.4 Å². The number of rotatable bonds is 6. The second-order valence-corrected chi connectivity index (χ2v) is 6.52. The standard InChI is InChI=1S/C15H20N2O2S.ClH/c1-3-16-12(2)11-17-20(18,19)15-10-6-8-13-7-4-5-9-14(13)15;/h4-10,12,16-17H,3,11H2,1-2H3;1H/t12-;/m1./s1. The smallest absolute Gasteiger partial charge is 0.241 e. The minimum atomic E-state index is -3.49. The van der Waals surface area contributed by atoms with Gasteiger partial charge >= 0.3 is 0 Å². The minimum absolute atomic E-state index is 0. The van der Waals surface area contributed by atoms with Crippen LogP contribution in [0.15, 0.2) is 47.4 Å². The fourth-order valence-corrected chi connectivity index (χ4v) is 3.52. The Balaban J connectivity index is 0.00000220. The quantitative estimate of drug-likeness (QED) is 0.856. The summed E-state index contributed by atoms with van der Waals surface area (Å²) >= 11 is 0. The number of hydrogen-bond acceptors (Lipinski definition) is 3. The number of fused-ring (bicyclic) bond motifs is 1. The predicted molar refractivity (Wildman–Crippen MR) is 89.5 cm³/mol. The van der Waals surface area contributed by atoms with E-state index >= 15 is 0 Å². The van der Waals surface area contributed by atoms with Crippen molar-refractivity contribution in [2.75, 3.05) is 13.1 Å². The largest absolute Gasteiger partial charge is 0.313 e. The molecule has 0 amide bonds. The van der Waals surface area contributed by atoms with Gasteiger partial charge in [0.1, 0.15) is 0 Å². The Morgan fingerprint density at radius 1 is 1.10 bits per heavy atom. The first-order valence-corrected chi connectivity index (χ1v) is 8.23. The number of benzene rings is 2. The maximum atomic E-state index is 12.4. The molecule has 0 saturated heterocycles. The van der Waals surface area contributed by atoms with Crippen LogP contribution in [0, 0.1) is 0 Å². The van der Waals surface area contributed by atoms with Crippen LogP contribution in [0.5, 0.6) is 0 Å². The van der Waals surface area contributed by atoms with Crippen molar-refractivity contribution in [2.24, 2.45) is 0 Å². The average molecular weight is 329 g/mol. The van der Waals surface area contributed by atoms with E-state index < -0.39 is 10.0 Å². The van der Waals surface area contributed by atoms with Gasteiger partial charge in [-0.05, 0) is 24.9 Å². The summed E-state index contributed by atoms with van der Waals surface area (Å²) < 4.78 is 27.5. The van der Waals surface area contributed by atoms with Crippen molar-refractivity contribution in [3.63, 3.8) is 0 Å². The average Bonchev–Trinajstić information content (AvgIpc) is 2.45. The lowest BCUT2D eigenvalue weighted by Crippen LogP contribution is -2.38. The lowest BCUT2D eigenvalue weighted by atomic mass is 10.1. The van der Waals surface area contributed by atoms with E-state index in [9.17, 15) is 8.42 Å². The van der Waals surface area contributed by atoms with E-state index in [1.807, 2.05) is 44.2 Å². The zero-order valence-corrected chi connectivity index (χ0v) is 13.8. The Morgan fingerprint density at radius 3 is 2.48 bits per heavy atom. The molecule has 0 aromatic heterocycles. The molecule has 0 bridgehead atoms. The second kappa shape index (κ2) is 7.75. The summed E-state index contributed by atoms with van der Waals surface area (Å²) in [5.41, 5.74) is 0. The molecule has 1 atom stereocenters. The number of nitrogens with one attached hydrogen (secondary N) is 2.